The Kier molecular flexibility index (Phi) is 4.51. The molecule has 1 heterocycles. The van der Waals surface area contributed by atoms with E-state index < -0.39 is 11.9 Å². The van der Waals surface area contributed by atoms with Crippen LogP contribution in [0.1, 0.15) is 42.5 Å². The summed E-state index contributed by atoms with van der Waals surface area (Å²) in [7, 11) is 0. The molecule has 0 saturated heterocycles. The maximum absolute atomic E-state index is 11.5. The number of carboxylic acid groups (broad SMARTS) is 1. The summed E-state index contributed by atoms with van der Waals surface area (Å²) in [4.78, 5) is 15.7. The van der Waals surface area contributed by atoms with E-state index in [1.807, 2.05) is 42.5 Å². The minimum Gasteiger partial charge on any atom is -0.481 e. The van der Waals surface area contributed by atoms with Gasteiger partial charge in [-0.3, -0.25) is 9.78 Å². The number of pyridine rings is 1. The molecule has 0 aliphatic rings. The van der Waals surface area contributed by atoms with Crippen LogP contribution in [0.15, 0.2) is 48.7 Å². The predicted octanol–water partition coefficient (Wildman–Crippen LogP) is 3.62. The SMILES string of the molecule is CC(C)c1ccc(C(Cc2ccccn2)C(=O)O)cc1. The molecule has 1 atom stereocenters. The molecule has 0 saturated carbocycles. The van der Waals surface area contributed by atoms with E-state index in [0.29, 0.717) is 12.3 Å². The standard InChI is InChI=1S/C17H19NO2/c1-12(2)13-6-8-14(9-7-13)16(17(19)20)11-15-5-3-4-10-18-15/h3-10,12,16H,11H2,1-2H3,(H,19,20). The van der Waals surface area contributed by atoms with E-state index in [4.69, 9.17) is 0 Å². The van der Waals surface area contributed by atoms with E-state index in [1.165, 1.54) is 5.56 Å². The van der Waals surface area contributed by atoms with Crippen LogP contribution in [0.25, 0.3) is 0 Å². The van der Waals surface area contributed by atoms with Gasteiger partial charge >= 0.3 is 5.97 Å². The topological polar surface area (TPSA) is 50.2 Å². The van der Waals surface area contributed by atoms with Gasteiger partial charge in [0.15, 0.2) is 0 Å². The summed E-state index contributed by atoms with van der Waals surface area (Å²) in [5.74, 6) is -0.915. The Morgan fingerprint density at radius 3 is 2.25 bits per heavy atom. The lowest BCUT2D eigenvalue weighted by molar-refractivity contribution is -0.138. The van der Waals surface area contributed by atoms with Crippen molar-refractivity contribution in [1.82, 2.24) is 4.98 Å². The van der Waals surface area contributed by atoms with Crippen molar-refractivity contribution in [1.29, 1.82) is 0 Å². The first-order valence-corrected chi connectivity index (χ1v) is 6.80. The van der Waals surface area contributed by atoms with Crippen molar-refractivity contribution in [3.05, 3.63) is 65.5 Å². The third-order valence-electron chi connectivity index (χ3n) is 3.44. The van der Waals surface area contributed by atoms with Gasteiger partial charge in [-0.1, -0.05) is 44.2 Å². The molecule has 0 aliphatic carbocycles. The van der Waals surface area contributed by atoms with E-state index >= 15 is 0 Å². The Balaban J connectivity index is 2.22. The summed E-state index contributed by atoms with van der Waals surface area (Å²) in [5, 5.41) is 9.44. The molecule has 3 nitrogen and oxygen atoms in total. The molecule has 1 aromatic carbocycles. The number of aliphatic carboxylic acids is 1. The molecular formula is C17H19NO2. The second-order valence-electron chi connectivity index (χ2n) is 5.24. The van der Waals surface area contributed by atoms with Gasteiger partial charge in [-0.25, -0.2) is 0 Å². The van der Waals surface area contributed by atoms with Crippen molar-refractivity contribution in [2.24, 2.45) is 0 Å². The zero-order chi connectivity index (χ0) is 14.5. The van der Waals surface area contributed by atoms with Gasteiger partial charge in [0.1, 0.15) is 0 Å². The summed E-state index contributed by atoms with van der Waals surface area (Å²) in [6, 6.07) is 13.4. The lowest BCUT2D eigenvalue weighted by atomic mass is 9.92. The minimum absolute atomic E-state index is 0.414. The van der Waals surface area contributed by atoms with Gasteiger partial charge in [-0.2, -0.15) is 0 Å². The zero-order valence-electron chi connectivity index (χ0n) is 11.8. The van der Waals surface area contributed by atoms with Crippen molar-refractivity contribution in [2.75, 3.05) is 0 Å². The van der Waals surface area contributed by atoms with Gasteiger partial charge in [0.2, 0.25) is 0 Å². The fraction of sp³-hybridized carbons (Fsp3) is 0.294. The van der Waals surface area contributed by atoms with Crippen LogP contribution < -0.4 is 0 Å². The molecule has 104 valence electrons. The molecule has 1 N–H and O–H groups in total. The quantitative estimate of drug-likeness (QED) is 0.902. The molecule has 0 radical (unpaired) electrons. The molecule has 0 spiro atoms. The molecule has 0 aliphatic heterocycles. The Morgan fingerprint density at radius 2 is 1.75 bits per heavy atom. The third-order valence-corrected chi connectivity index (χ3v) is 3.44. The fourth-order valence-corrected chi connectivity index (χ4v) is 2.19. The maximum Gasteiger partial charge on any atom is 0.311 e. The molecule has 3 heteroatoms. The van der Waals surface area contributed by atoms with Crippen molar-refractivity contribution < 1.29 is 9.90 Å². The van der Waals surface area contributed by atoms with Crippen LogP contribution in [-0.2, 0) is 11.2 Å². The summed E-state index contributed by atoms with van der Waals surface area (Å²) in [5.41, 5.74) is 2.84. The van der Waals surface area contributed by atoms with Crippen molar-refractivity contribution >= 4 is 5.97 Å². The number of hydrogen-bond donors (Lipinski definition) is 1. The number of carboxylic acids is 1. The van der Waals surface area contributed by atoms with Crippen LogP contribution in [-0.4, -0.2) is 16.1 Å². The van der Waals surface area contributed by atoms with E-state index in [-0.39, 0.29) is 0 Å². The summed E-state index contributed by atoms with van der Waals surface area (Å²) >= 11 is 0. The highest BCUT2D eigenvalue weighted by atomic mass is 16.4. The summed E-state index contributed by atoms with van der Waals surface area (Å²) in [6.45, 7) is 4.25. The number of aromatic nitrogens is 1. The number of benzene rings is 1. The molecule has 0 amide bonds. The van der Waals surface area contributed by atoms with Gasteiger partial charge < -0.3 is 5.11 Å². The lowest BCUT2D eigenvalue weighted by Crippen LogP contribution is -2.15. The van der Waals surface area contributed by atoms with Gasteiger partial charge in [0.05, 0.1) is 5.92 Å². The van der Waals surface area contributed by atoms with Crippen LogP contribution in [0.4, 0.5) is 0 Å². The number of hydrogen-bond acceptors (Lipinski definition) is 2. The van der Waals surface area contributed by atoms with E-state index in [1.54, 1.807) is 6.20 Å². The Bertz CT molecular complexity index is 561. The molecule has 0 bridgehead atoms. The smallest absolute Gasteiger partial charge is 0.311 e. The van der Waals surface area contributed by atoms with Crippen LogP contribution in [0.5, 0.6) is 0 Å². The van der Waals surface area contributed by atoms with Crippen molar-refractivity contribution in [3.8, 4) is 0 Å². The highest BCUT2D eigenvalue weighted by molar-refractivity contribution is 5.76. The van der Waals surface area contributed by atoms with Crippen molar-refractivity contribution in [3.63, 3.8) is 0 Å². The van der Waals surface area contributed by atoms with Gasteiger partial charge in [-0.05, 0) is 29.2 Å². The van der Waals surface area contributed by atoms with E-state index in [0.717, 1.165) is 11.3 Å². The number of carbonyl (C=O) groups is 1. The second kappa shape index (κ2) is 6.33. The Labute approximate surface area is 119 Å². The largest absolute Gasteiger partial charge is 0.481 e. The minimum atomic E-state index is -0.812. The fourth-order valence-electron chi connectivity index (χ4n) is 2.19. The van der Waals surface area contributed by atoms with Crippen LogP contribution in [0.3, 0.4) is 0 Å². The lowest BCUT2D eigenvalue weighted by Gasteiger charge is -2.14. The van der Waals surface area contributed by atoms with Gasteiger partial charge in [0.25, 0.3) is 0 Å². The van der Waals surface area contributed by atoms with E-state index in [2.05, 4.69) is 18.8 Å². The van der Waals surface area contributed by atoms with Crippen LogP contribution in [0, 0.1) is 0 Å². The van der Waals surface area contributed by atoms with Crippen LogP contribution in [0.2, 0.25) is 0 Å². The average Bonchev–Trinajstić information content (AvgIpc) is 2.45. The number of nitrogens with zero attached hydrogens (tertiary/aromatic N) is 1. The average molecular weight is 269 g/mol. The Hall–Kier alpha value is -2.16. The molecule has 0 fully saturated rings. The van der Waals surface area contributed by atoms with Crippen molar-refractivity contribution in [2.45, 2.75) is 32.1 Å². The molecule has 1 aromatic heterocycles. The highest BCUT2D eigenvalue weighted by Crippen LogP contribution is 2.23. The Morgan fingerprint density at radius 1 is 1.10 bits per heavy atom. The van der Waals surface area contributed by atoms with Crippen LogP contribution >= 0.6 is 0 Å². The summed E-state index contributed by atoms with van der Waals surface area (Å²) in [6.07, 6.45) is 2.10. The second-order valence-corrected chi connectivity index (χ2v) is 5.24. The summed E-state index contributed by atoms with van der Waals surface area (Å²) < 4.78 is 0. The zero-order valence-corrected chi connectivity index (χ0v) is 11.8. The third kappa shape index (κ3) is 3.44. The molecular weight excluding hydrogens is 250 g/mol. The first kappa shape index (κ1) is 14.3. The van der Waals surface area contributed by atoms with Gasteiger partial charge in [-0.15, -0.1) is 0 Å². The monoisotopic (exact) mass is 269 g/mol. The first-order valence-electron chi connectivity index (χ1n) is 6.80. The highest BCUT2D eigenvalue weighted by Gasteiger charge is 2.20. The molecule has 1 unspecified atom stereocenters. The first-order chi connectivity index (χ1) is 9.58. The molecule has 2 aromatic rings. The number of rotatable bonds is 5. The van der Waals surface area contributed by atoms with Gasteiger partial charge in [0, 0.05) is 18.3 Å². The molecule has 20 heavy (non-hydrogen) atoms. The molecule has 2 rings (SSSR count). The van der Waals surface area contributed by atoms with E-state index in [9.17, 15) is 9.90 Å². The maximum atomic E-state index is 11.5. The normalized spacial score (nSPS) is 12.3. The predicted molar refractivity (Wildman–Crippen MR) is 78.8 cm³/mol.